The Morgan fingerprint density at radius 3 is 2.63 bits per heavy atom. The molecular weight excluding hydrogens is 261 g/mol. The summed E-state index contributed by atoms with van der Waals surface area (Å²) in [5.41, 5.74) is -1.09. The Balaban J connectivity index is 2.31. The number of alkyl halides is 3. The molecule has 0 bridgehead atoms. The van der Waals surface area contributed by atoms with Crippen molar-refractivity contribution < 1.29 is 18.1 Å². The number of benzene rings is 1. The van der Waals surface area contributed by atoms with Crippen molar-refractivity contribution >= 4 is 5.69 Å². The Bertz CT molecular complexity index is 482. The Kier molecular flexibility index (Phi) is 3.75. The van der Waals surface area contributed by atoms with E-state index in [1.165, 1.54) is 6.07 Å². The van der Waals surface area contributed by atoms with Gasteiger partial charge in [0.05, 0.1) is 10.5 Å². The van der Waals surface area contributed by atoms with Gasteiger partial charge in [0, 0.05) is 12.1 Å². The standard InChI is InChI=1S/C12H13F3N2O2/c13-12(14,15)10-4-9(3-8-1-2-16-7-8)5-11(6-10)17(18)19/h4-6,8,16H,1-3,7H2. The molecule has 4 nitrogen and oxygen atoms in total. The van der Waals surface area contributed by atoms with Crippen molar-refractivity contribution in [2.75, 3.05) is 13.1 Å². The number of nitro groups is 1. The predicted octanol–water partition coefficient (Wildman–Crippen LogP) is 2.77. The van der Waals surface area contributed by atoms with Crippen molar-refractivity contribution in [1.82, 2.24) is 5.32 Å². The lowest BCUT2D eigenvalue weighted by Gasteiger charge is -2.11. The monoisotopic (exact) mass is 274 g/mol. The summed E-state index contributed by atoms with van der Waals surface area (Å²) < 4.78 is 38.1. The largest absolute Gasteiger partial charge is 0.416 e. The third-order valence-electron chi connectivity index (χ3n) is 3.20. The molecule has 0 aromatic heterocycles. The number of halogens is 3. The van der Waals surface area contributed by atoms with Crippen molar-refractivity contribution in [3.63, 3.8) is 0 Å². The topological polar surface area (TPSA) is 55.2 Å². The van der Waals surface area contributed by atoms with Crippen LogP contribution in [0.4, 0.5) is 18.9 Å². The van der Waals surface area contributed by atoms with E-state index in [0.29, 0.717) is 18.1 Å². The van der Waals surface area contributed by atoms with Gasteiger partial charge in [0.2, 0.25) is 0 Å². The Morgan fingerprint density at radius 2 is 2.11 bits per heavy atom. The van der Waals surface area contributed by atoms with Gasteiger partial charge in [0.15, 0.2) is 0 Å². The minimum Gasteiger partial charge on any atom is -0.316 e. The summed E-state index contributed by atoms with van der Waals surface area (Å²) in [4.78, 5) is 9.91. The maximum absolute atomic E-state index is 12.7. The van der Waals surface area contributed by atoms with Crippen LogP contribution in [0.5, 0.6) is 0 Å². The number of nitro benzene ring substituents is 1. The molecule has 7 heteroatoms. The first-order valence-corrected chi connectivity index (χ1v) is 5.92. The van der Waals surface area contributed by atoms with Gasteiger partial charge in [-0.05, 0) is 43.5 Å². The van der Waals surface area contributed by atoms with Crippen LogP contribution in [0.25, 0.3) is 0 Å². The quantitative estimate of drug-likeness (QED) is 0.681. The van der Waals surface area contributed by atoms with E-state index in [2.05, 4.69) is 5.32 Å². The van der Waals surface area contributed by atoms with Gasteiger partial charge >= 0.3 is 6.18 Å². The third kappa shape index (κ3) is 3.44. The molecular formula is C12H13F3N2O2. The van der Waals surface area contributed by atoms with Crippen LogP contribution in [0.15, 0.2) is 18.2 Å². The van der Waals surface area contributed by atoms with Gasteiger partial charge in [0.1, 0.15) is 0 Å². The number of non-ortho nitro benzene ring substituents is 1. The highest BCUT2D eigenvalue weighted by Gasteiger charge is 2.33. The van der Waals surface area contributed by atoms with Gasteiger partial charge in [-0.3, -0.25) is 10.1 Å². The van der Waals surface area contributed by atoms with Gasteiger partial charge in [-0.1, -0.05) is 0 Å². The normalized spacial score (nSPS) is 19.6. The zero-order valence-electron chi connectivity index (χ0n) is 10.0. The fourth-order valence-corrected chi connectivity index (χ4v) is 2.28. The average Bonchev–Trinajstić information content (AvgIpc) is 2.80. The second kappa shape index (κ2) is 5.16. The average molecular weight is 274 g/mol. The van der Waals surface area contributed by atoms with Gasteiger partial charge < -0.3 is 5.32 Å². The van der Waals surface area contributed by atoms with Crippen molar-refractivity contribution in [2.45, 2.75) is 19.0 Å². The van der Waals surface area contributed by atoms with Gasteiger partial charge in [0.25, 0.3) is 5.69 Å². The lowest BCUT2D eigenvalue weighted by atomic mass is 9.96. The zero-order valence-corrected chi connectivity index (χ0v) is 10.0. The van der Waals surface area contributed by atoms with E-state index >= 15 is 0 Å². The number of hydrogen-bond acceptors (Lipinski definition) is 3. The molecule has 1 atom stereocenters. The highest BCUT2D eigenvalue weighted by Crippen LogP contribution is 2.33. The Labute approximate surface area is 107 Å². The van der Waals surface area contributed by atoms with E-state index in [9.17, 15) is 23.3 Å². The van der Waals surface area contributed by atoms with E-state index in [-0.39, 0.29) is 5.92 Å². The number of nitrogens with one attached hydrogen (secondary N) is 1. The second-order valence-electron chi connectivity index (χ2n) is 4.71. The zero-order chi connectivity index (χ0) is 14.0. The summed E-state index contributed by atoms with van der Waals surface area (Å²) in [5.74, 6) is 0.239. The highest BCUT2D eigenvalue weighted by molar-refractivity contribution is 5.40. The van der Waals surface area contributed by atoms with Crippen LogP contribution >= 0.6 is 0 Å². The van der Waals surface area contributed by atoms with Crippen molar-refractivity contribution in [1.29, 1.82) is 0 Å². The molecule has 0 radical (unpaired) electrons. The number of hydrogen-bond donors (Lipinski definition) is 1. The molecule has 0 amide bonds. The first kappa shape index (κ1) is 13.8. The molecule has 1 heterocycles. The molecule has 2 rings (SSSR count). The van der Waals surface area contributed by atoms with Gasteiger partial charge in [-0.2, -0.15) is 13.2 Å². The second-order valence-corrected chi connectivity index (χ2v) is 4.71. The molecule has 1 aromatic rings. The van der Waals surface area contributed by atoms with Crippen LogP contribution in [-0.2, 0) is 12.6 Å². The highest BCUT2D eigenvalue weighted by atomic mass is 19.4. The molecule has 1 unspecified atom stereocenters. The maximum Gasteiger partial charge on any atom is 0.416 e. The van der Waals surface area contributed by atoms with Gasteiger partial charge in [-0.15, -0.1) is 0 Å². The summed E-state index contributed by atoms with van der Waals surface area (Å²) in [7, 11) is 0. The minimum absolute atomic E-state index is 0.239. The van der Waals surface area contributed by atoms with Crippen LogP contribution in [0, 0.1) is 16.0 Å². The summed E-state index contributed by atoms with van der Waals surface area (Å²) in [5, 5.41) is 13.8. The molecule has 1 fully saturated rings. The predicted molar refractivity (Wildman–Crippen MR) is 62.8 cm³/mol. The van der Waals surface area contributed by atoms with E-state index in [1.54, 1.807) is 0 Å². The van der Waals surface area contributed by atoms with E-state index < -0.39 is 22.4 Å². The summed E-state index contributed by atoms with van der Waals surface area (Å²) in [6.45, 7) is 1.58. The molecule has 1 N–H and O–H groups in total. The van der Waals surface area contributed by atoms with Crippen LogP contribution in [0.1, 0.15) is 17.5 Å². The number of rotatable bonds is 3. The first-order valence-electron chi connectivity index (χ1n) is 5.92. The summed E-state index contributed by atoms with van der Waals surface area (Å²) in [6.07, 6.45) is -3.25. The lowest BCUT2D eigenvalue weighted by molar-refractivity contribution is -0.385. The molecule has 0 saturated carbocycles. The fraction of sp³-hybridized carbons (Fsp3) is 0.500. The minimum atomic E-state index is -4.56. The fourth-order valence-electron chi connectivity index (χ4n) is 2.28. The van der Waals surface area contributed by atoms with Crippen LogP contribution in [0.3, 0.4) is 0 Å². The number of nitrogens with zero attached hydrogens (tertiary/aromatic N) is 1. The van der Waals surface area contributed by atoms with Crippen molar-refractivity contribution in [3.8, 4) is 0 Å². The Morgan fingerprint density at radius 1 is 1.37 bits per heavy atom. The summed E-state index contributed by atoms with van der Waals surface area (Å²) >= 11 is 0. The van der Waals surface area contributed by atoms with Crippen LogP contribution in [-0.4, -0.2) is 18.0 Å². The lowest BCUT2D eigenvalue weighted by Crippen LogP contribution is -2.12. The molecule has 104 valence electrons. The van der Waals surface area contributed by atoms with Gasteiger partial charge in [-0.25, -0.2) is 0 Å². The van der Waals surface area contributed by atoms with Crippen molar-refractivity contribution in [3.05, 3.63) is 39.4 Å². The Hall–Kier alpha value is -1.63. The maximum atomic E-state index is 12.7. The van der Waals surface area contributed by atoms with Crippen molar-refractivity contribution in [2.24, 2.45) is 5.92 Å². The molecule has 0 aliphatic carbocycles. The molecule has 0 spiro atoms. The molecule has 1 aliphatic heterocycles. The molecule has 1 aromatic carbocycles. The van der Waals surface area contributed by atoms with E-state index in [1.807, 2.05) is 0 Å². The smallest absolute Gasteiger partial charge is 0.316 e. The van der Waals surface area contributed by atoms with Crippen LogP contribution < -0.4 is 5.32 Å². The first-order chi connectivity index (χ1) is 8.86. The van der Waals surface area contributed by atoms with E-state index in [4.69, 9.17) is 0 Å². The summed E-state index contributed by atoms with van der Waals surface area (Å²) in [6, 6.07) is 2.81. The van der Waals surface area contributed by atoms with E-state index in [0.717, 1.165) is 25.6 Å². The third-order valence-corrected chi connectivity index (χ3v) is 3.20. The molecule has 19 heavy (non-hydrogen) atoms. The molecule has 1 saturated heterocycles. The van der Waals surface area contributed by atoms with Crippen LogP contribution in [0.2, 0.25) is 0 Å². The SMILES string of the molecule is O=[N+]([O-])c1cc(CC2CCNC2)cc(C(F)(F)F)c1. The molecule has 1 aliphatic rings.